The van der Waals surface area contributed by atoms with Gasteiger partial charge in [0.15, 0.2) is 0 Å². The number of benzene rings is 1. The molecule has 2 nitrogen and oxygen atoms in total. The molecule has 0 aliphatic heterocycles. The van der Waals surface area contributed by atoms with Crippen LogP contribution in [0.15, 0.2) is 24.3 Å². The van der Waals surface area contributed by atoms with Crippen LogP contribution in [0.5, 0.6) is 5.75 Å². The first-order chi connectivity index (χ1) is 7.67. The van der Waals surface area contributed by atoms with Gasteiger partial charge < -0.3 is 9.84 Å². The fraction of sp³-hybridized carbons (Fsp3) is 0.538. The zero-order valence-corrected chi connectivity index (χ0v) is 9.82. The molecule has 1 aromatic carbocycles. The maximum atomic E-state index is 12.9. The number of hydrogen-bond acceptors (Lipinski definition) is 2. The van der Waals surface area contributed by atoms with Crippen molar-refractivity contribution >= 4 is 0 Å². The highest BCUT2D eigenvalue weighted by Crippen LogP contribution is 2.18. The molecule has 16 heavy (non-hydrogen) atoms. The van der Waals surface area contributed by atoms with Crippen LogP contribution in [0.1, 0.15) is 33.1 Å². The molecule has 0 spiro atoms. The molecular weight excluding hydrogens is 207 g/mol. The van der Waals surface area contributed by atoms with E-state index >= 15 is 0 Å². The minimum Gasteiger partial charge on any atom is -0.488 e. The molecule has 0 heterocycles. The third-order valence-electron chi connectivity index (χ3n) is 2.50. The van der Waals surface area contributed by atoms with Gasteiger partial charge in [0.25, 0.3) is 0 Å². The average Bonchev–Trinajstić information content (AvgIpc) is 2.26. The van der Waals surface area contributed by atoms with Gasteiger partial charge in [-0.25, -0.2) is 4.39 Å². The van der Waals surface area contributed by atoms with E-state index in [-0.39, 0.29) is 11.9 Å². The summed E-state index contributed by atoms with van der Waals surface area (Å²) < 4.78 is 18.5. The van der Waals surface area contributed by atoms with E-state index in [1.54, 1.807) is 12.1 Å². The van der Waals surface area contributed by atoms with E-state index in [0.717, 1.165) is 6.42 Å². The van der Waals surface area contributed by atoms with Crippen molar-refractivity contribution in [2.45, 2.75) is 45.3 Å². The molecule has 0 radical (unpaired) electrons. The van der Waals surface area contributed by atoms with E-state index in [1.165, 1.54) is 12.1 Å². The molecule has 0 amide bonds. The summed E-state index contributed by atoms with van der Waals surface area (Å²) >= 11 is 0. The molecule has 0 fully saturated rings. The van der Waals surface area contributed by atoms with Crippen LogP contribution in [0.25, 0.3) is 0 Å². The summed E-state index contributed by atoms with van der Waals surface area (Å²) in [6.07, 6.45) is 1.57. The van der Waals surface area contributed by atoms with E-state index in [1.807, 2.05) is 13.8 Å². The van der Waals surface area contributed by atoms with Crippen LogP contribution in [-0.4, -0.2) is 17.3 Å². The van der Waals surface area contributed by atoms with Crippen LogP contribution < -0.4 is 4.74 Å². The van der Waals surface area contributed by atoms with Gasteiger partial charge in [-0.2, -0.15) is 0 Å². The number of halogens is 1. The Balaban J connectivity index is 2.62. The lowest BCUT2D eigenvalue weighted by Crippen LogP contribution is -2.30. The lowest BCUT2D eigenvalue weighted by Gasteiger charge is -2.22. The number of ether oxygens (including phenoxy) is 1. The molecule has 1 N–H and O–H groups in total. The summed E-state index contributed by atoms with van der Waals surface area (Å²) in [5.74, 6) is 0.152. The molecule has 0 saturated carbocycles. The van der Waals surface area contributed by atoms with Crippen molar-refractivity contribution in [1.82, 2.24) is 0 Å². The Morgan fingerprint density at radius 2 is 2.12 bits per heavy atom. The molecule has 0 saturated heterocycles. The predicted molar refractivity (Wildman–Crippen MR) is 62.0 cm³/mol. The molecule has 0 aliphatic rings. The van der Waals surface area contributed by atoms with Crippen LogP contribution in [0.2, 0.25) is 0 Å². The number of aliphatic hydroxyl groups excluding tert-OH is 1. The fourth-order valence-electron chi connectivity index (χ4n) is 1.63. The van der Waals surface area contributed by atoms with Gasteiger partial charge in [0.1, 0.15) is 17.7 Å². The SMILES string of the molecule is CCCC(O)C(CC)Oc1cccc(F)c1. The Morgan fingerprint density at radius 1 is 1.38 bits per heavy atom. The van der Waals surface area contributed by atoms with Crippen molar-refractivity contribution in [3.05, 3.63) is 30.1 Å². The van der Waals surface area contributed by atoms with Crippen molar-refractivity contribution < 1.29 is 14.2 Å². The van der Waals surface area contributed by atoms with Crippen molar-refractivity contribution in [1.29, 1.82) is 0 Å². The first-order valence-electron chi connectivity index (χ1n) is 5.77. The monoisotopic (exact) mass is 226 g/mol. The minimum absolute atomic E-state index is 0.262. The van der Waals surface area contributed by atoms with Crippen LogP contribution in [0.3, 0.4) is 0 Å². The second kappa shape index (κ2) is 6.48. The van der Waals surface area contributed by atoms with Gasteiger partial charge in [0.2, 0.25) is 0 Å². The standard InChI is InChI=1S/C13H19FO2/c1-3-6-12(15)13(4-2)16-11-8-5-7-10(14)9-11/h5,7-9,12-13,15H,3-4,6H2,1-2H3. The molecule has 90 valence electrons. The Bertz CT molecular complexity index is 315. The Morgan fingerprint density at radius 3 is 2.69 bits per heavy atom. The zero-order chi connectivity index (χ0) is 12.0. The summed E-state index contributed by atoms with van der Waals surface area (Å²) in [5, 5.41) is 9.82. The molecule has 2 unspecified atom stereocenters. The Kier molecular flexibility index (Phi) is 5.26. The summed E-state index contributed by atoms with van der Waals surface area (Å²) in [4.78, 5) is 0. The topological polar surface area (TPSA) is 29.5 Å². The summed E-state index contributed by atoms with van der Waals surface area (Å²) in [6, 6.07) is 6.01. The molecular formula is C13H19FO2. The van der Waals surface area contributed by atoms with Gasteiger partial charge in [0.05, 0.1) is 6.10 Å². The Hall–Kier alpha value is -1.09. The largest absolute Gasteiger partial charge is 0.488 e. The maximum absolute atomic E-state index is 12.9. The second-order valence-electron chi connectivity index (χ2n) is 3.88. The smallest absolute Gasteiger partial charge is 0.126 e. The van der Waals surface area contributed by atoms with Gasteiger partial charge >= 0.3 is 0 Å². The highest BCUT2D eigenvalue weighted by atomic mass is 19.1. The number of rotatable bonds is 6. The Labute approximate surface area is 96.1 Å². The predicted octanol–water partition coefficient (Wildman–Crippen LogP) is 3.14. The van der Waals surface area contributed by atoms with Crippen molar-refractivity contribution in [2.75, 3.05) is 0 Å². The van der Waals surface area contributed by atoms with Gasteiger partial charge in [-0.1, -0.05) is 26.3 Å². The highest BCUT2D eigenvalue weighted by molar-refractivity contribution is 5.22. The van der Waals surface area contributed by atoms with Crippen molar-refractivity contribution in [2.24, 2.45) is 0 Å². The van der Waals surface area contributed by atoms with E-state index in [4.69, 9.17) is 4.74 Å². The van der Waals surface area contributed by atoms with Crippen molar-refractivity contribution in [3.8, 4) is 5.75 Å². The first kappa shape index (κ1) is 13.0. The third kappa shape index (κ3) is 3.81. The van der Waals surface area contributed by atoms with Crippen molar-refractivity contribution in [3.63, 3.8) is 0 Å². The van der Waals surface area contributed by atoms with Gasteiger partial charge in [-0.3, -0.25) is 0 Å². The third-order valence-corrected chi connectivity index (χ3v) is 2.50. The number of hydrogen-bond donors (Lipinski definition) is 1. The van der Waals surface area contributed by atoms with E-state index in [9.17, 15) is 9.50 Å². The highest BCUT2D eigenvalue weighted by Gasteiger charge is 2.18. The fourth-order valence-corrected chi connectivity index (χ4v) is 1.63. The van der Waals surface area contributed by atoms with Gasteiger partial charge in [0, 0.05) is 6.07 Å². The molecule has 1 aromatic rings. The minimum atomic E-state index is -0.488. The van der Waals surface area contributed by atoms with E-state index < -0.39 is 6.10 Å². The van der Waals surface area contributed by atoms with Gasteiger partial charge in [-0.05, 0) is 25.0 Å². The second-order valence-corrected chi connectivity index (χ2v) is 3.88. The maximum Gasteiger partial charge on any atom is 0.126 e. The lowest BCUT2D eigenvalue weighted by molar-refractivity contribution is 0.0283. The molecule has 0 bridgehead atoms. The number of aliphatic hydroxyl groups is 1. The zero-order valence-electron chi connectivity index (χ0n) is 9.82. The van der Waals surface area contributed by atoms with Crippen LogP contribution in [0, 0.1) is 5.82 Å². The van der Waals surface area contributed by atoms with E-state index in [0.29, 0.717) is 18.6 Å². The van der Waals surface area contributed by atoms with Crippen LogP contribution >= 0.6 is 0 Å². The van der Waals surface area contributed by atoms with Gasteiger partial charge in [-0.15, -0.1) is 0 Å². The van der Waals surface area contributed by atoms with Crippen LogP contribution in [-0.2, 0) is 0 Å². The van der Waals surface area contributed by atoms with Crippen LogP contribution in [0.4, 0.5) is 4.39 Å². The normalized spacial score (nSPS) is 14.5. The molecule has 3 heteroatoms. The molecule has 2 atom stereocenters. The quantitative estimate of drug-likeness (QED) is 0.807. The summed E-state index contributed by atoms with van der Waals surface area (Å²) in [5.41, 5.74) is 0. The molecule has 0 aliphatic carbocycles. The molecule has 0 aromatic heterocycles. The lowest BCUT2D eigenvalue weighted by atomic mass is 10.1. The average molecular weight is 226 g/mol. The first-order valence-corrected chi connectivity index (χ1v) is 5.77. The summed E-state index contributed by atoms with van der Waals surface area (Å²) in [6.45, 7) is 3.96. The molecule has 1 rings (SSSR count). The summed E-state index contributed by atoms with van der Waals surface area (Å²) in [7, 11) is 0. The van der Waals surface area contributed by atoms with E-state index in [2.05, 4.69) is 0 Å².